The van der Waals surface area contributed by atoms with Crippen molar-refractivity contribution < 1.29 is 39.0 Å². The average molecular weight is 466 g/mol. The number of aliphatic hydroxyl groups is 4. The van der Waals surface area contributed by atoms with Gasteiger partial charge >= 0.3 is 0 Å². The van der Waals surface area contributed by atoms with E-state index in [9.17, 15) is 24.8 Å². The number of rotatable bonds is 7. The van der Waals surface area contributed by atoms with E-state index in [4.69, 9.17) is 14.2 Å². The summed E-state index contributed by atoms with van der Waals surface area (Å²) >= 11 is 0. The van der Waals surface area contributed by atoms with Gasteiger partial charge in [0, 0.05) is 30.5 Å². The van der Waals surface area contributed by atoms with Crippen molar-refractivity contribution in [3.05, 3.63) is 52.6 Å². The molecule has 0 radical (unpaired) electrons. The van der Waals surface area contributed by atoms with Crippen molar-refractivity contribution in [1.29, 1.82) is 0 Å². The monoisotopic (exact) mass is 465 g/mol. The van der Waals surface area contributed by atoms with Crippen LogP contribution in [0.3, 0.4) is 0 Å². The van der Waals surface area contributed by atoms with Crippen LogP contribution in [-0.2, 0) is 22.3 Å². The van der Waals surface area contributed by atoms with Gasteiger partial charge in [-0.25, -0.2) is 4.39 Å². The molecule has 2 fully saturated rings. The Labute approximate surface area is 192 Å². The highest BCUT2D eigenvalue weighted by molar-refractivity contribution is 5.42. The predicted molar refractivity (Wildman–Crippen MR) is 117 cm³/mol. The van der Waals surface area contributed by atoms with Gasteiger partial charge in [-0.05, 0) is 37.0 Å². The Hall–Kier alpha value is -2.01. The first-order chi connectivity index (χ1) is 15.8. The molecule has 33 heavy (non-hydrogen) atoms. The fourth-order valence-corrected chi connectivity index (χ4v) is 4.51. The molecule has 0 saturated carbocycles. The molecule has 2 aromatic rings. The maximum absolute atomic E-state index is 14.8. The lowest BCUT2D eigenvalue weighted by molar-refractivity contribution is -0.277. The number of halogens is 1. The number of aliphatic hydroxyl groups excluding tert-OH is 4. The van der Waals surface area contributed by atoms with Gasteiger partial charge in [-0.1, -0.05) is 19.1 Å². The molecule has 1 unspecified atom stereocenters. The van der Waals surface area contributed by atoms with Crippen LogP contribution < -0.4 is 4.74 Å². The lowest BCUT2D eigenvalue weighted by Crippen LogP contribution is -2.60. The number of ether oxygens (including phenoxy) is 3. The molecule has 6 atom stereocenters. The first kappa shape index (κ1) is 24.1. The van der Waals surface area contributed by atoms with Gasteiger partial charge in [0.25, 0.3) is 0 Å². The minimum Gasteiger partial charge on any atom is -0.460 e. The summed E-state index contributed by atoms with van der Waals surface area (Å²) in [7, 11) is 0. The molecule has 9 heteroatoms. The summed E-state index contributed by atoms with van der Waals surface area (Å²) in [5, 5.41) is 40.1. The van der Waals surface area contributed by atoms with Crippen molar-refractivity contribution in [3.63, 3.8) is 0 Å². The lowest BCUT2D eigenvalue weighted by atomic mass is 9.99. The molecule has 0 spiro atoms. The third-order valence-corrected chi connectivity index (χ3v) is 6.66. The zero-order valence-corrected chi connectivity index (χ0v) is 18.9. The van der Waals surface area contributed by atoms with E-state index in [1.54, 1.807) is 12.3 Å². The predicted octanol–water partition coefficient (Wildman–Crippen LogP) is 1.23. The van der Waals surface area contributed by atoms with E-state index in [0.29, 0.717) is 24.5 Å². The van der Waals surface area contributed by atoms with Crippen molar-refractivity contribution in [2.45, 2.75) is 69.9 Å². The van der Waals surface area contributed by atoms with E-state index in [0.717, 1.165) is 29.7 Å². The first-order valence-corrected chi connectivity index (χ1v) is 11.4. The van der Waals surface area contributed by atoms with Crippen LogP contribution in [0.5, 0.6) is 5.75 Å². The number of hydrogen-bond donors (Lipinski definition) is 4. The van der Waals surface area contributed by atoms with Crippen LogP contribution in [-0.4, -0.2) is 75.5 Å². The largest absolute Gasteiger partial charge is 0.460 e. The van der Waals surface area contributed by atoms with Crippen LogP contribution in [0.15, 0.2) is 24.4 Å². The van der Waals surface area contributed by atoms with E-state index >= 15 is 0 Å². The van der Waals surface area contributed by atoms with Crippen LogP contribution in [0.4, 0.5) is 4.39 Å². The molecular formula is C24H32FNO7. The molecule has 4 rings (SSSR count). The molecule has 2 aliphatic rings. The van der Waals surface area contributed by atoms with Crippen LogP contribution in [0, 0.1) is 12.7 Å². The topological polar surface area (TPSA) is 114 Å². The number of benzene rings is 1. The molecule has 2 aliphatic heterocycles. The van der Waals surface area contributed by atoms with Crippen molar-refractivity contribution in [2.24, 2.45) is 0 Å². The summed E-state index contributed by atoms with van der Waals surface area (Å²) in [4.78, 5) is 0. The Balaban J connectivity index is 1.67. The quantitative estimate of drug-likeness (QED) is 0.486. The number of hydrogen-bond acceptors (Lipinski definition) is 7. The Morgan fingerprint density at radius 3 is 2.61 bits per heavy atom. The van der Waals surface area contributed by atoms with E-state index in [-0.39, 0.29) is 18.3 Å². The minimum atomic E-state index is -1.55. The summed E-state index contributed by atoms with van der Waals surface area (Å²) in [6.07, 6.45) is -3.35. The maximum atomic E-state index is 14.8. The average Bonchev–Trinajstić information content (AvgIpc) is 3.44. The molecule has 2 saturated heterocycles. The van der Waals surface area contributed by atoms with Gasteiger partial charge in [0.1, 0.15) is 36.0 Å². The second kappa shape index (κ2) is 10.1. The van der Waals surface area contributed by atoms with Gasteiger partial charge in [-0.15, -0.1) is 0 Å². The number of nitrogens with zero attached hydrogens (tertiary/aromatic N) is 1. The Morgan fingerprint density at radius 1 is 1.18 bits per heavy atom. The Bertz CT molecular complexity index is 957. The smallest absolute Gasteiger partial charge is 0.229 e. The molecule has 4 N–H and O–H groups in total. The lowest BCUT2D eigenvalue weighted by Gasteiger charge is -2.39. The molecule has 0 bridgehead atoms. The van der Waals surface area contributed by atoms with Crippen LogP contribution in [0.1, 0.15) is 41.8 Å². The van der Waals surface area contributed by atoms with Gasteiger partial charge in [0.15, 0.2) is 0 Å². The van der Waals surface area contributed by atoms with Gasteiger partial charge in [0.05, 0.1) is 19.3 Å². The van der Waals surface area contributed by atoms with Gasteiger partial charge in [-0.3, -0.25) is 0 Å². The van der Waals surface area contributed by atoms with Crippen molar-refractivity contribution >= 4 is 0 Å². The van der Waals surface area contributed by atoms with Gasteiger partial charge < -0.3 is 39.2 Å². The summed E-state index contributed by atoms with van der Waals surface area (Å²) in [5.41, 5.74) is 3.02. The number of aryl methyl sites for hydroxylation is 1. The fourth-order valence-electron chi connectivity index (χ4n) is 4.51. The van der Waals surface area contributed by atoms with Crippen LogP contribution in [0.25, 0.3) is 0 Å². The highest BCUT2D eigenvalue weighted by Crippen LogP contribution is 2.35. The summed E-state index contributed by atoms with van der Waals surface area (Å²) < 4.78 is 33.9. The normalized spacial score (nSPS) is 30.0. The summed E-state index contributed by atoms with van der Waals surface area (Å²) in [6, 6.07) is 5.29. The highest BCUT2D eigenvalue weighted by atomic mass is 19.1. The maximum Gasteiger partial charge on any atom is 0.229 e. The van der Waals surface area contributed by atoms with E-state index < -0.39 is 37.3 Å². The standard InChI is InChI=1S/C24H32FNO7/c1-3-14-4-5-15(18(25)8-14)9-17-13(2)26(16-6-7-31-12-16)10-19(17)32-24-23(30)22(29)21(28)20(11-27)33-24/h4-5,8,10,16,20-24,27-30H,3,6-7,9,11-12H2,1-2H3/t16?,20-,21-,22+,23-,24-/m1/s1. The Kier molecular flexibility index (Phi) is 7.37. The second-order valence-electron chi connectivity index (χ2n) is 8.75. The van der Waals surface area contributed by atoms with Gasteiger partial charge in [-0.2, -0.15) is 0 Å². The first-order valence-electron chi connectivity index (χ1n) is 11.4. The SMILES string of the molecule is CCc1ccc(Cc2c(O[C@@H]3O[C@H](CO)[C@@H](O)[C@H](O)[C@H]3O)cn(C3CCOC3)c2C)c(F)c1. The fraction of sp³-hybridized carbons (Fsp3) is 0.583. The molecule has 3 heterocycles. The van der Waals surface area contributed by atoms with E-state index in [2.05, 4.69) is 0 Å². The molecule has 1 aromatic heterocycles. The third-order valence-electron chi connectivity index (χ3n) is 6.66. The van der Waals surface area contributed by atoms with Crippen molar-refractivity contribution in [1.82, 2.24) is 4.57 Å². The number of aromatic nitrogens is 1. The van der Waals surface area contributed by atoms with Crippen molar-refractivity contribution in [3.8, 4) is 5.75 Å². The summed E-state index contributed by atoms with van der Waals surface area (Å²) in [5.74, 6) is 0.0761. The van der Waals surface area contributed by atoms with Gasteiger partial charge in [0.2, 0.25) is 6.29 Å². The summed E-state index contributed by atoms with van der Waals surface area (Å²) in [6.45, 7) is 4.54. The Morgan fingerprint density at radius 2 is 1.97 bits per heavy atom. The third kappa shape index (κ3) is 4.80. The molecule has 8 nitrogen and oxygen atoms in total. The zero-order chi connectivity index (χ0) is 23.7. The van der Waals surface area contributed by atoms with Crippen molar-refractivity contribution in [2.75, 3.05) is 19.8 Å². The zero-order valence-electron chi connectivity index (χ0n) is 18.9. The van der Waals surface area contributed by atoms with E-state index in [1.807, 2.05) is 24.5 Å². The molecular weight excluding hydrogens is 433 g/mol. The molecule has 0 amide bonds. The van der Waals surface area contributed by atoms with Crippen LogP contribution >= 0.6 is 0 Å². The second-order valence-corrected chi connectivity index (χ2v) is 8.75. The highest BCUT2D eigenvalue weighted by Gasteiger charge is 2.45. The molecule has 1 aromatic carbocycles. The molecule has 182 valence electrons. The molecule has 0 aliphatic carbocycles. The van der Waals surface area contributed by atoms with Crippen LogP contribution in [0.2, 0.25) is 0 Å². The van der Waals surface area contributed by atoms with E-state index in [1.165, 1.54) is 6.07 Å². The minimum absolute atomic E-state index is 0.100.